The van der Waals surface area contributed by atoms with E-state index in [0.29, 0.717) is 0 Å². The molecule has 0 atom stereocenters. The minimum atomic E-state index is -0.103. The normalized spacial score (nSPS) is 14.1. The highest BCUT2D eigenvalue weighted by Crippen LogP contribution is 2.51. The Hall–Kier alpha value is -7.07. The van der Waals surface area contributed by atoms with Gasteiger partial charge in [0.05, 0.1) is 11.2 Å². The molecule has 0 saturated heterocycles. The van der Waals surface area contributed by atoms with Crippen LogP contribution in [0.4, 0.5) is 17.1 Å². The maximum absolute atomic E-state index is 4.43. The Morgan fingerprint density at radius 3 is 1.78 bits per heavy atom. The zero-order valence-electron chi connectivity index (χ0n) is 33.6. The van der Waals surface area contributed by atoms with E-state index in [4.69, 9.17) is 0 Å². The van der Waals surface area contributed by atoms with Crippen molar-refractivity contribution in [1.82, 2.24) is 4.57 Å². The fourth-order valence-corrected chi connectivity index (χ4v) is 10.5. The second kappa shape index (κ2) is 14.3. The van der Waals surface area contributed by atoms with Crippen molar-refractivity contribution in [3.63, 3.8) is 0 Å². The molecule has 0 amide bonds. The highest BCUT2D eigenvalue weighted by molar-refractivity contribution is 7.99. The van der Waals surface area contributed by atoms with Crippen LogP contribution >= 0.6 is 11.8 Å². The number of benzene rings is 8. The minimum Gasteiger partial charge on any atom is -0.310 e. The maximum Gasteiger partial charge on any atom is 0.0608 e. The molecule has 0 radical (unpaired) electrons. The third-order valence-electron chi connectivity index (χ3n) is 12.4. The molecule has 11 rings (SSSR count). The van der Waals surface area contributed by atoms with Crippen LogP contribution in [0.15, 0.2) is 217 Å². The molecular weight excluding hydrogens is 745 g/mol. The van der Waals surface area contributed by atoms with Crippen LogP contribution in [0.1, 0.15) is 36.2 Å². The Balaban J connectivity index is 1.02. The van der Waals surface area contributed by atoms with E-state index in [2.05, 4.69) is 236 Å². The van der Waals surface area contributed by atoms with Crippen molar-refractivity contribution in [2.45, 2.75) is 29.1 Å². The van der Waals surface area contributed by atoms with Crippen LogP contribution in [0.3, 0.4) is 0 Å². The lowest BCUT2D eigenvalue weighted by Crippen LogP contribution is -2.16. The summed E-state index contributed by atoms with van der Waals surface area (Å²) in [7, 11) is 0. The lowest BCUT2D eigenvalue weighted by Gasteiger charge is -2.28. The van der Waals surface area contributed by atoms with E-state index in [0.717, 1.165) is 28.3 Å². The molecule has 0 bridgehead atoms. The van der Waals surface area contributed by atoms with Crippen LogP contribution in [0.5, 0.6) is 0 Å². The van der Waals surface area contributed by atoms with Crippen molar-refractivity contribution in [2.24, 2.45) is 0 Å². The van der Waals surface area contributed by atoms with E-state index in [1.807, 2.05) is 11.8 Å². The highest BCUT2D eigenvalue weighted by atomic mass is 32.2. The SMILES string of the molecule is C=C1/C=C\c2c(c3cc(-c4ccc(N(c5ccc(-c6ccccc6)cc5)c5ccc6c(c5)C(C)(C)c5ccccc5-6)cc4)ccc3n2-c2ccccc2)Sc2ccccc21. The predicted octanol–water partition coefficient (Wildman–Crippen LogP) is 15.9. The zero-order valence-corrected chi connectivity index (χ0v) is 34.5. The number of aromatic nitrogens is 1. The summed E-state index contributed by atoms with van der Waals surface area (Å²) in [6, 6.07) is 70.8. The number of allylic oxidation sites excluding steroid dienone is 2. The van der Waals surface area contributed by atoms with Crippen molar-refractivity contribution in [3.8, 4) is 39.1 Å². The number of hydrogen-bond donors (Lipinski definition) is 0. The minimum absolute atomic E-state index is 0.103. The van der Waals surface area contributed by atoms with Gasteiger partial charge in [-0.15, -0.1) is 0 Å². The molecule has 60 heavy (non-hydrogen) atoms. The molecule has 9 aromatic rings. The summed E-state index contributed by atoms with van der Waals surface area (Å²) >= 11 is 1.83. The molecule has 1 aliphatic heterocycles. The molecule has 1 aromatic heterocycles. The van der Waals surface area contributed by atoms with Gasteiger partial charge < -0.3 is 9.47 Å². The van der Waals surface area contributed by atoms with Gasteiger partial charge in [0.1, 0.15) is 0 Å². The summed E-state index contributed by atoms with van der Waals surface area (Å²) in [5.74, 6) is 0. The first-order chi connectivity index (χ1) is 29.4. The average Bonchev–Trinajstić information content (AvgIpc) is 3.72. The van der Waals surface area contributed by atoms with E-state index in [-0.39, 0.29) is 5.41 Å². The molecule has 0 N–H and O–H groups in total. The van der Waals surface area contributed by atoms with Crippen molar-refractivity contribution < 1.29 is 0 Å². The van der Waals surface area contributed by atoms with Crippen molar-refractivity contribution in [1.29, 1.82) is 0 Å². The third kappa shape index (κ3) is 5.96. The largest absolute Gasteiger partial charge is 0.310 e. The fraction of sp³-hybridized carbons (Fsp3) is 0.0526. The number of para-hydroxylation sites is 1. The second-order valence-corrected chi connectivity index (χ2v) is 17.3. The number of rotatable bonds is 6. The Kier molecular flexibility index (Phi) is 8.61. The summed E-state index contributed by atoms with van der Waals surface area (Å²) < 4.78 is 2.39. The van der Waals surface area contributed by atoms with Crippen molar-refractivity contribution >= 4 is 51.4 Å². The highest BCUT2D eigenvalue weighted by Gasteiger charge is 2.35. The van der Waals surface area contributed by atoms with Crippen molar-refractivity contribution in [2.75, 3.05) is 4.90 Å². The van der Waals surface area contributed by atoms with Gasteiger partial charge in [-0.25, -0.2) is 0 Å². The van der Waals surface area contributed by atoms with E-state index >= 15 is 0 Å². The second-order valence-electron chi connectivity index (χ2n) is 16.3. The summed E-state index contributed by atoms with van der Waals surface area (Å²) in [5.41, 5.74) is 19.1. The molecule has 0 unspecified atom stereocenters. The predicted molar refractivity (Wildman–Crippen MR) is 255 cm³/mol. The average molecular weight is 787 g/mol. The number of nitrogens with zero attached hydrogens (tertiary/aromatic N) is 2. The Labute approximate surface area is 356 Å². The Bertz CT molecular complexity index is 3130. The first kappa shape index (κ1) is 36.0. The van der Waals surface area contributed by atoms with Gasteiger partial charge in [-0.3, -0.25) is 0 Å². The van der Waals surface area contributed by atoms with Crippen LogP contribution < -0.4 is 4.90 Å². The van der Waals surface area contributed by atoms with Gasteiger partial charge in [0.15, 0.2) is 0 Å². The van der Waals surface area contributed by atoms with E-state index in [1.165, 1.54) is 76.5 Å². The molecule has 286 valence electrons. The summed E-state index contributed by atoms with van der Waals surface area (Å²) in [4.78, 5) is 4.86. The van der Waals surface area contributed by atoms with E-state index < -0.39 is 0 Å². The fourth-order valence-electron chi connectivity index (χ4n) is 9.29. The molecule has 0 saturated carbocycles. The summed E-state index contributed by atoms with van der Waals surface area (Å²) in [6.07, 6.45) is 4.40. The molecular formula is C57H42N2S. The van der Waals surface area contributed by atoms with Crippen LogP contribution in [0, 0.1) is 0 Å². The molecule has 2 aliphatic rings. The van der Waals surface area contributed by atoms with Gasteiger partial charge in [0, 0.05) is 43.3 Å². The number of fused-ring (bicyclic) bond motifs is 7. The Morgan fingerprint density at radius 2 is 1.05 bits per heavy atom. The lowest BCUT2D eigenvalue weighted by molar-refractivity contribution is 0.660. The smallest absolute Gasteiger partial charge is 0.0608 e. The van der Waals surface area contributed by atoms with Crippen molar-refractivity contribution in [3.05, 3.63) is 229 Å². The first-order valence-electron chi connectivity index (χ1n) is 20.6. The maximum atomic E-state index is 4.43. The Morgan fingerprint density at radius 1 is 0.483 bits per heavy atom. The number of anilines is 3. The van der Waals surface area contributed by atoms with Gasteiger partial charge in [0.25, 0.3) is 0 Å². The standard InChI is InChI=1S/C57H42N2S/c1-38-22-34-54-56(60-55-21-13-11-18-47(38)55)50-36-42(27-35-53(50)59(54)43-16-8-5-9-17-43)41-25-30-45(31-26-41)58(44-28-23-40(24-29-44)39-14-6-4-7-15-39)46-32-33-49-48-19-10-12-20-51(48)57(2,3)52(49)37-46/h4-37H,1H2,2-3H3/b34-22-. The van der Waals surface area contributed by atoms with Gasteiger partial charge >= 0.3 is 0 Å². The lowest BCUT2D eigenvalue weighted by atomic mass is 9.82. The summed E-state index contributed by atoms with van der Waals surface area (Å²) in [6.45, 7) is 9.14. The van der Waals surface area contributed by atoms with E-state index in [1.54, 1.807) is 0 Å². The molecule has 0 fully saturated rings. The van der Waals surface area contributed by atoms with Crippen LogP contribution in [0.25, 0.3) is 61.6 Å². The van der Waals surface area contributed by atoms with Gasteiger partial charge in [-0.1, -0.05) is 166 Å². The van der Waals surface area contributed by atoms with Crippen LogP contribution in [-0.4, -0.2) is 4.57 Å². The van der Waals surface area contributed by atoms with Gasteiger partial charge in [-0.05, 0) is 128 Å². The molecule has 3 heteroatoms. The molecule has 2 nitrogen and oxygen atoms in total. The molecule has 1 aliphatic carbocycles. The summed E-state index contributed by atoms with van der Waals surface area (Å²) in [5, 5.41) is 1.23. The number of hydrogen-bond acceptors (Lipinski definition) is 2. The zero-order chi connectivity index (χ0) is 40.4. The van der Waals surface area contributed by atoms with Crippen LogP contribution in [0.2, 0.25) is 0 Å². The topological polar surface area (TPSA) is 8.17 Å². The first-order valence-corrected chi connectivity index (χ1v) is 21.4. The quantitative estimate of drug-likeness (QED) is 0.166. The van der Waals surface area contributed by atoms with Crippen LogP contribution in [-0.2, 0) is 5.41 Å². The molecule has 2 heterocycles. The molecule has 8 aromatic carbocycles. The van der Waals surface area contributed by atoms with Gasteiger partial charge in [0.2, 0.25) is 0 Å². The molecule has 0 spiro atoms. The monoisotopic (exact) mass is 786 g/mol. The van der Waals surface area contributed by atoms with E-state index in [9.17, 15) is 0 Å². The van der Waals surface area contributed by atoms with Gasteiger partial charge in [-0.2, -0.15) is 0 Å². The third-order valence-corrected chi connectivity index (χ3v) is 13.6.